The second-order valence-electron chi connectivity index (χ2n) is 5.38. The third-order valence-corrected chi connectivity index (χ3v) is 4.12. The lowest BCUT2D eigenvalue weighted by atomic mass is 9.85. The van der Waals surface area contributed by atoms with Crippen LogP contribution < -0.4 is 10.5 Å². The molecule has 0 spiro atoms. The van der Waals surface area contributed by atoms with Crippen LogP contribution >= 0.6 is 0 Å². The van der Waals surface area contributed by atoms with Gasteiger partial charge in [0.2, 0.25) is 0 Å². The zero-order valence-electron chi connectivity index (χ0n) is 12.0. The lowest BCUT2D eigenvalue weighted by Crippen LogP contribution is -2.27. The minimum atomic E-state index is 0.419. The predicted molar refractivity (Wildman–Crippen MR) is 78.2 cm³/mol. The molecular weight excluding hydrogens is 238 g/mol. The highest BCUT2D eigenvalue weighted by molar-refractivity contribution is 5.54. The Hall–Kier alpha value is -1.22. The highest BCUT2D eigenvalue weighted by atomic mass is 16.5. The summed E-state index contributed by atoms with van der Waals surface area (Å²) in [6.45, 7) is 2.91. The first-order valence-electron chi connectivity index (χ1n) is 7.28. The van der Waals surface area contributed by atoms with Gasteiger partial charge in [0.1, 0.15) is 5.75 Å². The lowest BCUT2D eigenvalue weighted by Gasteiger charge is -2.30. The molecular formula is C16H25NO2. The van der Waals surface area contributed by atoms with E-state index >= 15 is 0 Å². The fourth-order valence-electron chi connectivity index (χ4n) is 2.94. The zero-order valence-corrected chi connectivity index (χ0v) is 12.0. The summed E-state index contributed by atoms with van der Waals surface area (Å²) in [6, 6.07) is 5.88. The largest absolute Gasteiger partial charge is 0.495 e. The van der Waals surface area contributed by atoms with E-state index in [1.54, 1.807) is 7.11 Å². The summed E-state index contributed by atoms with van der Waals surface area (Å²) in [6.07, 6.45) is 6.80. The van der Waals surface area contributed by atoms with Crippen molar-refractivity contribution < 1.29 is 9.47 Å². The van der Waals surface area contributed by atoms with Crippen molar-refractivity contribution in [3.05, 3.63) is 23.8 Å². The molecule has 3 heteroatoms. The maximum atomic E-state index is 6.10. The van der Waals surface area contributed by atoms with Gasteiger partial charge in [-0.05, 0) is 36.5 Å². The summed E-state index contributed by atoms with van der Waals surface area (Å²) in [5.74, 6) is 1.46. The number of benzene rings is 1. The summed E-state index contributed by atoms with van der Waals surface area (Å²) in [5, 5.41) is 0. The average molecular weight is 263 g/mol. The van der Waals surface area contributed by atoms with Gasteiger partial charge < -0.3 is 15.2 Å². The topological polar surface area (TPSA) is 44.5 Å². The number of ether oxygens (including phenoxy) is 2. The highest BCUT2D eigenvalue weighted by Gasteiger charge is 2.24. The van der Waals surface area contributed by atoms with E-state index in [0.717, 1.165) is 17.2 Å². The first kappa shape index (κ1) is 14.2. The Morgan fingerprint density at radius 1 is 1.26 bits per heavy atom. The van der Waals surface area contributed by atoms with Gasteiger partial charge in [0.25, 0.3) is 0 Å². The molecule has 0 saturated heterocycles. The number of hydrogen-bond acceptors (Lipinski definition) is 3. The molecule has 1 saturated carbocycles. The number of nitrogens with two attached hydrogens (primary N) is 1. The van der Waals surface area contributed by atoms with E-state index in [1.165, 1.54) is 32.1 Å². The summed E-state index contributed by atoms with van der Waals surface area (Å²) >= 11 is 0. The number of rotatable bonds is 5. The van der Waals surface area contributed by atoms with Crippen LogP contribution in [0.5, 0.6) is 5.75 Å². The normalized spacial score (nSPS) is 23.3. The van der Waals surface area contributed by atoms with Crippen molar-refractivity contribution in [1.82, 2.24) is 0 Å². The molecule has 0 aliphatic heterocycles. The van der Waals surface area contributed by atoms with Crippen LogP contribution in [0.3, 0.4) is 0 Å². The second kappa shape index (κ2) is 6.80. The average Bonchev–Trinajstić information content (AvgIpc) is 2.45. The van der Waals surface area contributed by atoms with E-state index < -0.39 is 0 Å². The van der Waals surface area contributed by atoms with Crippen molar-refractivity contribution in [3.8, 4) is 5.75 Å². The van der Waals surface area contributed by atoms with Crippen LogP contribution in [-0.2, 0) is 11.3 Å². The van der Waals surface area contributed by atoms with E-state index in [-0.39, 0.29) is 0 Å². The molecule has 106 valence electrons. The van der Waals surface area contributed by atoms with Crippen molar-refractivity contribution in [1.29, 1.82) is 0 Å². The third-order valence-electron chi connectivity index (χ3n) is 4.12. The summed E-state index contributed by atoms with van der Waals surface area (Å²) in [7, 11) is 1.63. The van der Waals surface area contributed by atoms with E-state index in [9.17, 15) is 0 Å². The Bertz CT molecular complexity index is 406. The Morgan fingerprint density at radius 3 is 2.74 bits per heavy atom. The summed E-state index contributed by atoms with van der Waals surface area (Å²) in [4.78, 5) is 0. The monoisotopic (exact) mass is 263 g/mol. The van der Waals surface area contributed by atoms with Gasteiger partial charge in [0.15, 0.2) is 0 Å². The smallest absolute Gasteiger partial charge is 0.141 e. The maximum Gasteiger partial charge on any atom is 0.141 e. The standard InChI is InChI=1S/C16H25NO2/c1-3-13-6-4-5-7-15(13)19-11-12-8-9-16(18-2)14(17)10-12/h8-10,13,15H,3-7,11,17H2,1-2H3. The molecule has 2 rings (SSSR count). The van der Waals surface area contributed by atoms with Crippen molar-refractivity contribution in [2.24, 2.45) is 5.92 Å². The lowest BCUT2D eigenvalue weighted by molar-refractivity contribution is -0.0221. The maximum absolute atomic E-state index is 6.10. The van der Waals surface area contributed by atoms with E-state index in [4.69, 9.17) is 15.2 Å². The van der Waals surface area contributed by atoms with E-state index in [0.29, 0.717) is 18.4 Å². The van der Waals surface area contributed by atoms with Gasteiger partial charge in [0.05, 0.1) is 25.5 Å². The van der Waals surface area contributed by atoms with Gasteiger partial charge in [0, 0.05) is 0 Å². The molecule has 0 bridgehead atoms. The molecule has 2 atom stereocenters. The van der Waals surface area contributed by atoms with Crippen LogP contribution in [0, 0.1) is 5.92 Å². The first-order chi connectivity index (χ1) is 9.24. The Kier molecular flexibility index (Phi) is 5.08. The van der Waals surface area contributed by atoms with E-state index in [1.807, 2.05) is 18.2 Å². The molecule has 3 nitrogen and oxygen atoms in total. The third kappa shape index (κ3) is 3.63. The minimum Gasteiger partial charge on any atom is -0.495 e. The van der Waals surface area contributed by atoms with Gasteiger partial charge >= 0.3 is 0 Å². The molecule has 0 aromatic heterocycles. The molecule has 1 aromatic rings. The molecule has 2 N–H and O–H groups in total. The van der Waals surface area contributed by atoms with Crippen LogP contribution in [-0.4, -0.2) is 13.2 Å². The fourth-order valence-corrected chi connectivity index (χ4v) is 2.94. The van der Waals surface area contributed by atoms with Gasteiger partial charge in [-0.25, -0.2) is 0 Å². The molecule has 1 aliphatic rings. The molecule has 19 heavy (non-hydrogen) atoms. The van der Waals surface area contributed by atoms with Gasteiger partial charge in [-0.2, -0.15) is 0 Å². The number of anilines is 1. The number of nitrogen functional groups attached to an aromatic ring is 1. The molecule has 0 radical (unpaired) electrons. The first-order valence-corrected chi connectivity index (χ1v) is 7.28. The van der Waals surface area contributed by atoms with Gasteiger partial charge in [-0.3, -0.25) is 0 Å². The SMILES string of the molecule is CCC1CCCCC1OCc1ccc(OC)c(N)c1. The molecule has 0 heterocycles. The van der Waals surface area contributed by atoms with Crippen molar-refractivity contribution >= 4 is 5.69 Å². The number of methoxy groups -OCH3 is 1. The summed E-state index contributed by atoms with van der Waals surface area (Å²) in [5.41, 5.74) is 7.72. The van der Waals surface area contributed by atoms with Crippen molar-refractivity contribution in [2.45, 2.75) is 51.7 Å². The molecule has 0 amide bonds. The van der Waals surface area contributed by atoms with Crippen LogP contribution in [0.15, 0.2) is 18.2 Å². The van der Waals surface area contributed by atoms with Crippen LogP contribution in [0.1, 0.15) is 44.6 Å². The minimum absolute atomic E-state index is 0.419. The van der Waals surface area contributed by atoms with Crippen LogP contribution in [0.2, 0.25) is 0 Å². The molecule has 2 unspecified atom stereocenters. The Morgan fingerprint density at radius 2 is 2.05 bits per heavy atom. The number of hydrogen-bond donors (Lipinski definition) is 1. The van der Waals surface area contributed by atoms with E-state index in [2.05, 4.69) is 6.92 Å². The van der Waals surface area contributed by atoms with Crippen molar-refractivity contribution in [2.75, 3.05) is 12.8 Å². The predicted octanol–water partition coefficient (Wildman–Crippen LogP) is 3.76. The Labute approximate surface area is 116 Å². The quantitative estimate of drug-likeness (QED) is 0.823. The Balaban J connectivity index is 1.92. The van der Waals surface area contributed by atoms with Crippen LogP contribution in [0.25, 0.3) is 0 Å². The van der Waals surface area contributed by atoms with Crippen molar-refractivity contribution in [3.63, 3.8) is 0 Å². The fraction of sp³-hybridized carbons (Fsp3) is 0.625. The summed E-state index contributed by atoms with van der Waals surface area (Å²) < 4.78 is 11.3. The van der Waals surface area contributed by atoms with Gasteiger partial charge in [-0.15, -0.1) is 0 Å². The van der Waals surface area contributed by atoms with Gasteiger partial charge in [-0.1, -0.05) is 32.3 Å². The molecule has 1 fully saturated rings. The van der Waals surface area contributed by atoms with Crippen LogP contribution in [0.4, 0.5) is 5.69 Å². The molecule has 1 aliphatic carbocycles. The second-order valence-corrected chi connectivity index (χ2v) is 5.38. The zero-order chi connectivity index (χ0) is 13.7. The highest BCUT2D eigenvalue weighted by Crippen LogP contribution is 2.30. The molecule has 1 aromatic carbocycles.